The summed E-state index contributed by atoms with van der Waals surface area (Å²) in [5, 5.41) is 0. The Kier molecular flexibility index (Phi) is 4.72. The van der Waals surface area contributed by atoms with Crippen LogP contribution in [0.4, 0.5) is 18.9 Å². The van der Waals surface area contributed by atoms with E-state index < -0.39 is 20.2 Å². The van der Waals surface area contributed by atoms with Crippen molar-refractivity contribution >= 4 is 27.1 Å². The van der Waals surface area contributed by atoms with E-state index in [1.54, 1.807) is 0 Å². The highest BCUT2D eigenvalue weighted by atomic mass is 35.5. The van der Waals surface area contributed by atoms with Crippen molar-refractivity contribution in [3.8, 4) is 0 Å². The number of alkyl halides is 4. The van der Waals surface area contributed by atoms with Gasteiger partial charge < -0.3 is 4.90 Å². The van der Waals surface area contributed by atoms with E-state index in [0.29, 0.717) is 24.2 Å². The maximum atomic E-state index is 12.5. The second kappa shape index (κ2) is 6.04. The van der Waals surface area contributed by atoms with Gasteiger partial charge in [0.2, 0.25) is 0 Å². The van der Waals surface area contributed by atoms with Crippen LogP contribution in [0.15, 0.2) is 29.2 Å². The van der Waals surface area contributed by atoms with Crippen LogP contribution in [-0.4, -0.2) is 32.4 Å². The van der Waals surface area contributed by atoms with Crippen molar-refractivity contribution in [1.82, 2.24) is 0 Å². The Balaban J connectivity index is 2.25. The molecule has 1 fully saturated rings. The fourth-order valence-electron chi connectivity index (χ4n) is 2.26. The molecule has 0 saturated heterocycles. The molecule has 1 saturated carbocycles. The molecule has 2 rings (SSSR count). The van der Waals surface area contributed by atoms with Gasteiger partial charge in [-0.25, -0.2) is 8.42 Å². The minimum Gasteiger partial charge on any atom is -0.367 e. The summed E-state index contributed by atoms with van der Waals surface area (Å²) in [6.45, 7) is 0.581. The van der Waals surface area contributed by atoms with Gasteiger partial charge in [-0.05, 0) is 43.5 Å². The smallest absolute Gasteiger partial charge is 0.367 e. The Hall–Kier alpha value is -0.950. The molecule has 0 aromatic heterocycles. The molecular weight excluding hydrogens is 327 g/mol. The second-order valence-corrected chi connectivity index (χ2v) is 7.23. The summed E-state index contributed by atoms with van der Waals surface area (Å²) in [5.74, 6) is 0.402. The van der Waals surface area contributed by atoms with Crippen molar-refractivity contribution in [3.05, 3.63) is 24.3 Å². The average molecular weight is 342 g/mol. The first-order chi connectivity index (χ1) is 9.77. The predicted octanol–water partition coefficient (Wildman–Crippen LogP) is 3.58. The van der Waals surface area contributed by atoms with Crippen LogP contribution in [0, 0.1) is 0 Å². The molecule has 0 bridgehead atoms. The monoisotopic (exact) mass is 341 g/mol. The number of sulfone groups is 1. The molecule has 1 aliphatic carbocycles. The first-order valence-electron chi connectivity index (χ1n) is 6.51. The van der Waals surface area contributed by atoms with Gasteiger partial charge in [0, 0.05) is 24.2 Å². The van der Waals surface area contributed by atoms with Crippen LogP contribution in [-0.2, 0) is 9.84 Å². The first kappa shape index (κ1) is 16.4. The van der Waals surface area contributed by atoms with Crippen molar-refractivity contribution in [1.29, 1.82) is 0 Å². The van der Waals surface area contributed by atoms with Crippen LogP contribution in [0.1, 0.15) is 19.3 Å². The third kappa shape index (κ3) is 3.29. The van der Waals surface area contributed by atoms with E-state index in [9.17, 15) is 21.6 Å². The van der Waals surface area contributed by atoms with E-state index >= 15 is 0 Å². The molecule has 21 heavy (non-hydrogen) atoms. The highest BCUT2D eigenvalue weighted by molar-refractivity contribution is 7.92. The van der Waals surface area contributed by atoms with Crippen LogP contribution < -0.4 is 4.90 Å². The summed E-state index contributed by atoms with van der Waals surface area (Å²) in [5.41, 5.74) is -4.58. The molecular formula is C13H15ClF3NO2S. The number of rotatable bonds is 5. The number of nitrogens with zero attached hydrogens (tertiary/aromatic N) is 1. The SMILES string of the molecule is O=S(=O)(c1ccc(N(CCCl)C2CCC2)cc1)C(F)(F)F. The zero-order valence-corrected chi connectivity index (χ0v) is 12.7. The van der Waals surface area contributed by atoms with Gasteiger partial charge in [0.05, 0.1) is 4.90 Å². The van der Waals surface area contributed by atoms with E-state index in [4.69, 9.17) is 11.6 Å². The third-order valence-corrected chi connectivity index (χ3v) is 5.30. The minimum absolute atomic E-state index is 0.328. The second-order valence-electron chi connectivity index (χ2n) is 4.91. The summed E-state index contributed by atoms with van der Waals surface area (Å²) in [7, 11) is -5.29. The Morgan fingerprint density at radius 1 is 1.19 bits per heavy atom. The van der Waals surface area contributed by atoms with Gasteiger partial charge in [-0.2, -0.15) is 13.2 Å². The third-order valence-electron chi connectivity index (χ3n) is 3.62. The molecule has 0 atom stereocenters. The molecule has 0 heterocycles. The summed E-state index contributed by atoms with van der Waals surface area (Å²) >= 11 is 5.75. The maximum absolute atomic E-state index is 12.5. The lowest BCUT2D eigenvalue weighted by Gasteiger charge is -2.39. The van der Waals surface area contributed by atoms with Gasteiger partial charge in [-0.3, -0.25) is 0 Å². The van der Waals surface area contributed by atoms with Crippen LogP contribution in [0.25, 0.3) is 0 Å². The van der Waals surface area contributed by atoms with Crippen molar-refractivity contribution in [2.24, 2.45) is 0 Å². The van der Waals surface area contributed by atoms with Crippen LogP contribution in [0.5, 0.6) is 0 Å². The summed E-state index contributed by atoms with van der Waals surface area (Å²) in [6, 6.07) is 5.14. The van der Waals surface area contributed by atoms with Crippen LogP contribution >= 0.6 is 11.6 Å². The first-order valence-corrected chi connectivity index (χ1v) is 8.53. The van der Waals surface area contributed by atoms with Crippen molar-refractivity contribution in [3.63, 3.8) is 0 Å². The molecule has 0 aliphatic heterocycles. The number of hydrogen-bond donors (Lipinski definition) is 0. The lowest BCUT2D eigenvalue weighted by Crippen LogP contribution is -2.41. The highest BCUT2D eigenvalue weighted by Crippen LogP contribution is 2.33. The lowest BCUT2D eigenvalue weighted by molar-refractivity contribution is -0.0436. The number of benzene rings is 1. The predicted molar refractivity (Wildman–Crippen MR) is 75.4 cm³/mol. The number of halogens is 4. The summed E-state index contributed by atoms with van der Waals surface area (Å²) in [4.78, 5) is 1.28. The Morgan fingerprint density at radius 2 is 1.76 bits per heavy atom. The molecule has 3 nitrogen and oxygen atoms in total. The van der Waals surface area contributed by atoms with E-state index in [0.717, 1.165) is 31.4 Å². The molecule has 0 spiro atoms. The number of hydrogen-bond acceptors (Lipinski definition) is 3. The molecule has 1 aromatic carbocycles. The molecule has 8 heteroatoms. The molecule has 118 valence electrons. The van der Waals surface area contributed by atoms with Crippen molar-refractivity contribution in [2.45, 2.75) is 35.7 Å². The minimum atomic E-state index is -5.29. The van der Waals surface area contributed by atoms with Gasteiger partial charge in [-0.1, -0.05) is 0 Å². The topological polar surface area (TPSA) is 37.4 Å². The highest BCUT2D eigenvalue weighted by Gasteiger charge is 2.46. The van der Waals surface area contributed by atoms with Crippen molar-refractivity contribution < 1.29 is 21.6 Å². The molecule has 0 radical (unpaired) electrons. The molecule has 0 unspecified atom stereocenters. The van der Waals surface area contributed by atoms with E-state index in [1.807, 2.05) is 4.90 Å². The van der Waals surface area contributed by atoms with Gasteiger partial charge in [0.1, 0.15) is 0 Å². The molecule has 1 aliphatic rings. The Morgan fingerprint density at radius 3 is 2.14 bits per heavy atom. The van der Waals surface area contributed by atoms with E-state index in [1.165, 1.54) is 12.1 Å². The van der Waals surface area contributed by atoms with E-state index in [2.05, 4.69) is 0 Å². The molecule has 1 aromatic rings. The molecule has 0 amide bonds. The lowest BCUT2D eigenvalue weighted by atomic mass is 9.91. The molecule has 0 N–H and O–H groups in total. The average Bonchev–Trinajstić information content (AvgIpc) is 2.35. The Labute approximate surface area is 126 Å². The number of anilines is 1. The van der Waals surface area contributed by atoms with E-state index in [-0.39, 0.29) is 0 Å². The fourth-order valence-corrected chi connectivity index (χ4v) is 3.21. The van der Waals surface area contributed by atoms with Gasteiger partial charge in [0.25, 0.3) is 9.84 Å². The van der Waals surface area contributed by atoms with Gasteiger partial charge >= 0.3 is 5.51 Å². The van der Waals surface area contributed by atoms with Crippen molar-refractivity contribution in [2.75, 3.05) is 17.3 Å². The quantitative estimate of drug-likeness (QED) is 0.768. The summed E-state index contributed by atoms with van der Waals surface area (Å²) in [6.07, 6.45) is 3.14. The largest absolute Gasteiger partial charge is 0.501 e. The zero-order valence-electron chi connectivity index (χ0n) is 11.1. The Bertz CT molecular complexity index is 582. The standard InChI is InChI=1S/C13H15ClF3NO2S/c14-8-9-18(10-2-1-3-10)11-4-6-12(7-5-11)21(19,20)13(15,16)17/h4-7,10H,1-3,8-9H2. The van der Waals surface area contributed by atoms with Crippen LogP contribution in [0.2, 0.25) is 0 Å². The summed E-state index contributed by atoms with van der Waals surface area (Å²) < 4.78 is 60.0. The maximum Gasteiger partial charge on any atom is 0.501 e. The van der Waals surface area contributed by atoms with Gasteiger partial charge in [-0.15, -0.1) is 11.6 Å². The van der Waals surface area contributed by atoms with Gasteiger partial charge in [0.15, 0.2) is 0 Å². The van der Waals surface area contributed by atoms with Crippen LogP contribution in [0.3, 0.4) is 0 Å². The fraction of sp³-hybridized carbons (Fsp3) is 0.538. The normalized spacial score (nSPS) is 16.6. The zero-order chi connectivity index (χ0) is 15.7.